The Morgan fingerprint density at radius 2 is 1.85 bits per heavy atom. The van der Waals surface area contributed by atoms with Crippen LogP contribution in [0.25, 0.3) is 0 Å². The van der Waals surface area contributed by atoms with Crippen molar-refractivity contribution < 1.29 is 23.9 Å². The van der Waals surface area contributed by atoms with Crippen LogP contribution in [-0.4, -0.2) is 62.1 Å². The van der Waals surface area contributed by atoms with Gasteiger partial charge in [0.15, 0.2) is 6.10 Å². The molecule has 2 amide bonds. The number of likely N-dealkylation sites (tertiary alicyclic amines) is 1. The van der Waals surface area contributed by atoms with Gasteiger partial charge in [0.25, 0.3) is 5.91 Å². The average Bonchev–Trinajstić information content (AvgIpc) is 2.84. The second-order valence-electron chi connectivity index (χ2n) is 8.41. The molecule has 4 rings (SSSR count). The van der Waals surface area contributed by atoms with Crippen molar-refractivity contribution in [3.8, 4) is 5.75 Å². The van der Waals surface area contributed by atoms with E-state index >= 15 is 0 Å². The molecule has 1 saturated heterocycles. The quantitative estimate of drug-likeness (QED) is 0.703. The minimum atomic E-state index is -0.657. The van der Waals surface area contributed by atoms with Gasteiger partial charge < -0.3 is 24.6 Å². The van der Waals surface area contributed by atoms with E-state index in [2.05, 4.69) is 5.32 Å². The number of ether oxygens (including phenoxy) is 2. The summed E-state index contributed by atoms with van der Waals surface area (Å²) in [6, 6.07) is 12.5. The molecule has 0 aliphatic carbocycles. The van der Waals surface area contributed by atoms with Crippen LogP contribution in [0.5, 0.6) is 5.75 Å². The Bertz CT molecular complexity index is 1050. The molecule has 1 fully saturated rings. The fraction of sp³-hybridized carbons (Fsp3) is 0.400. The molecule has 0 radical (unpaired) electrons. The highest BCUT2D eigenvalue weighted by Gasteiger charge is 2.34. The van der Waals surface area contributed by atoms with Crippen LogP contribution < -0.4 is 15.0 Å². The Kier molecular flexibility index (Phi) is 6.82. The average molecular weight is 452 g/mol. The molecule has 2 aliphatic rings. The number of rotatable bonds is 5. The summed E-state index contributed by atoms with van der Waals surface area (Å²) in [5, 5.41) is 2.89. The van der Waals surface area contributed by atoms with Gasteiger partial charge in [-0.2, -0.15) is 0 Å². The number of nitrogens with zero attached hydrogens (tertiary/aromatic N) is 2. The summed E-state index contributed by atoms with van der Waals surface area (Å²) in [5.74, 6) is -0.153. The standard InChI is InChI=1S/C25H29N3O5/c1-17-10-11-18(25(31)32-2)14-19(17)26-23(29)16-28-15-22(24(30)27-12-6-3-7-13-27)33-21-9-5-4-8-20(21)28/h4-5,8-11,14,22H,3,6-7,12-13,15-16H2,1-2H3,(H,26,29). The number of aryl methyl sites for hydroxylation is 1. The third kappa shape index (κ3) is 5.10. The first-order valence-corrected chi connectivity index (χ1v) is 11.2. The zero-order chi connectivity index (χ0) is 23.4. The monoisotopic (exact) mass is 451 g/mol. The molecule has 2 aliphatic heterocycles. The molecule has 2 heterocycles. The molecule has 8 heteroatoms. The second-order valence-corrected chi connectivity index (χ2v) is 8.41. The lowest BCUT2D eigenvalue weighted by Gasteiger charge is -2.38. The molecule has 0 bridgehead atoms. The number of methoxy groups -OCH3 is 1. The predicted octanol–water partition coefficient (Wildman–Crippen LogP) is 3.00. The van der Waals surface area contributed by atoms with E-state index in [1.54, 1.807) is 18.2 Å². The van der Waals surface area contributed by atoms with Crippen molar-refractivity contribution in [1.29, 1.82) is 0 Å². The van der Waals surface area contributed by atoms with Crippen LogP contribution in [0.2, 0.25) is 0 Å². The van der Waals surface area contributed by atoms with Gasteiger partial charge in [0.1, 0.15) is 5.75 Å². The second kappa shape index (κ2) is 9.94. The number of anilines is 2. The number of amides is 2. The fourth-order valence-corrected chi connectivity index (χ4v) is 4.27. The maximum absolute atomic E-state index is 13.1. The van der Waals surface area contributed by atoms with Crippen LogP contribution in [-0.2, 0) is 14.3 Å². The smallest absolute Gasteiger partial charge is 0.337 e. The van der Waals surface area contributed by atoms with Gasteiger partial charge in [0.2, 0.25) is 5.91 Å². The van der Waals surface area contributed by atoms with E-state index in [0.29, 0.717) is 23.5 Å². The first-order valence-electron chi connectivity index (χ1n) is 11.2. The third-order valence-electron chi connectivity index (χ3n) is 6.07. The number of esters is 1. The van der Waals surface area contributed by atoms with E-state index in [0.717, 1.165) is 43.6 Å². The summed E-state index contributed by atoms with van der Waals surface area (Å²) in [6.45, 7) is 3.69. The van der Waals surface area contributed by atoms with Crippen molar-refractivity contribution in [3.63, 3.8) is 0 Å². The number of piperidine rings is 1. The molecular formula is C25H29N3O5. The van der Waals surface area contributed by atoms with Crippen LogP contribution >= 0.6 is 0 Å². The first-order chi connectivity index (χ1) is 16.0. The highest BCUT2D eigenvalue weighted by Crippen LogP contribution is 2.33. The number of carbonyl (C=O) groups is 3. The summed E-state index contributed by atoms with van der Waals surface area (Å²) >= 11 is 0. The van der Waals surface area contributed by atoms with Crippen LogP contribution in [0.3, 0.4) is 0 Å². The fourth-order valence-electron chi connectivity index (χ4n) is 4.27. The van der Waals surface area contributed by atoms with Gasteiger partial charge in [-0.1, -0.05) is 18.2 Å². The molecule has 2 aromatic rings. The molecule has 0 saturated carbocycles. The highest BCUT2D eigenvalue weighted by atomic mass is 16.5. The van der Waals surface area contributed by atoms with Gasteiger partial charge in [0.05, 0.1) is 31.5 Å². The van der Waals surface area contributed by atoms with E-state index < -0.39 is 12.1 Å². The molecule has 1 unspecified atom stereocenters. The number of hydrogen-bond acceptors (Lipinski definition) is 6. The lowest BCUT2D eigenvalue weighted by atomic mass is 10.1. The molecule has 0 spiro atoms. The summed E-state index contributed by atoms with van der Waals surface area (Å²) in [6.07, 6.45) is 2.49. The van der Waals surface area contributed by atoms with Crippen LogP contribution in [0.15, 0.2) is 42.5 Å². The van der Waals surface area contributed by atoms with Gasteiger partial charge in [-0.15, -0.1) is 0 Å². The predicted molar refractivity (Wildman–Crippen MR) is 125 cm³/mol. The number of benzene rings is 2. The van der Waals surface area contributed by atoms with Gasteiger partial charge in [0, 0.05) is 18.8 Å². The first kappa shape index (κ1) is 22.6. The number of nitrogens with one attached hydrogen (secondary N) is 1. The topological polar surface area (TPSA) is 88.2 Å². The van der Waals surface area contributed by atoms with Crippen molar-refractivity contribution >= 4 is 29.2 Å². The Morgan fingerprint density at radius 3 is 2.61 bits per heavy atom. The Hall–Kier alpha value is -3.55. The van der Waals surface area contributed by atoms with Crippen molar-refractivity contribution in [1.82, 2.24) is 4.90 Å². The molecule has 1 N–H and O–H groups in total. The van der Waals surface area contributed by atoms with Gasteiger partial charge in [-0.05, 0) is 56.0 Å². The van der Waals surface area contributed by atoms with E-state index in [1.807, 2.05) is 41.0 Å². The van der Waals surface area contributed by atoms with Gasteiger partial charge in [-0.25, -0.2) is 4.79 Å². The van der Waals surface area contributed by atoms with Crippen molar-refractivity contribution in [3.05, 3.63) is 53.6 Å². The number of carbonyl (C=O) groups excluding carboxylic acids is 3. The third-order valence-corrected chi connectivity index (χ3v) is 6.07. The van der Waals surface area contributed by atoms with Crippen molar-refractivity contribution in [2.45, 2.75) is 32.3 Å². The molecule has 1 atom stereocenters. The summed E-state index contributed by atoms with van der Waals surface area (Å²) in [7, 11) is 1.32. The van der Waals surface area contributed by atoms with E-state index in [9.17, 15) is 14.4 Å². The summed E-state index contributed by atoms with van der Waals surface area (Å²) in [5.41, 5.74) is 2.51. The van der Waals surface area contributed by atoms with E-state index in [4.69, 9.17) is 9.47 Å². The lowest BCUT2D eigenvalue weighted by molar-refractivity contribution is -0.139. The Morgan fingerprint density at radius 1 is 1.09 bits per heavy atom. The SMILES string of the molecule is COC(=O)c1ccc(C)c(NC(=O)CN2CC(C(=O)N3CCCCC3)Oc3ccccc32)c1. The van der Waals surface area contributed by atoms with Gasteiger partial charge in [-0.3, -0.25) is 9.59 Å². The zero-order valence-electron chi connectivity index (χ0n) is 19.0. The molecule has 2 aromatic carbocycles. The highest BCUT2D eigenvalue weighted by molar-refractivity contribution is 5.97. The van der Waals surface area contributed by atoms with Crippen LogP contribution in [0.1, 0.15) is 35.2 Å². The number of fused-ring (bicyclic) bond motifs is 1. The minimum Gasteiger partial charge on any atom is -0.477 e. The molecule has 0 aromatic heterocycles. The summed E-state index contributed by atoms with van der Waals surface area (Å²) in [4.78, 5) is 41.6. The number of hydrogen-bond donors (Lipinski definition) is 1. The largest absolute Gasteiger partial charge is 0.477 e. The van der Waals surface area contributed by atoms with Crippen molar-refractivity contribution in [2.24, 2.45) is 0 Å². The maximum Gasteiger partial charge on any atom is 0.337 e. The van der Waals surface area contributed by atoms with Crippen LogP contribution in [0, 0.1) is 6.92 Å². The Labute approximate surface area is 193 Å². The van der Waals surface area contributed by atoms with Gasteiger partial charge >= 0.3 is 5.97 Å². The minimum absolute atomic E-state index is 0.0313. The zero-order valence-corrected chi connectivity index (χ0v) is 19.0. The molecule has 174 valence electrons. The molecule has 33 heavy (non-hydrogen) atoms. The molecule has 8 nitrogen and oxygen atoms in total. The number of para-hydroxylation sites is 2. The van der Waals surface area contributed by atoms with Crippen LogP contribution in [0.4, 0.5) is 11.4 Å². The Balaban J connectivity index is 1.50. The maximum atomic E-state index is 13.1. The van der Waals surface area contributed by atoms with E-state index in [-0.39, 0.29) is 18.4 Å². The lowest BCUT2D eigenvalue weighted by Crippen LogP contribution is -2.52. The summed E-state index contributed by atoms with van der Waals surface area (Å²) < 4.78 is 10.8. The van der Waals surface area contributed by atoms with Crippen molar-refractivity contribution in [2.75, 3.05) is 43.5 Å². The van der Waals surface area contributed by atoms with E-state index in [1.165, 1.54) is 7.11 Å². The normalized spacial score (nSPS) is 17.6. The molecular weight excluding hydrogens is 422 g/mol.